The van der Waals surface area contributed by atoms with E-state index in [0.717, 1.165) is 28.1 Å². The van der Waals surface area contributed by atoms with Gasteiger partial charge in [-0.3, -0.25) is 15.0 Å². The first kappa shape index (κ1) is 14.7. The lowest BCUT2D eigenvalue weighted by molar-refractivity contribution is 0.438. The molecule has 1 aromatic heterocycles. The summed E-state index contributed by atoms with van der Waals surface area (Å²) in [6.07, 6.45) is 3.68. The number of nitrogens with one attached hydrogen (secondary N) is 1. The minimum Gasteiger partial charge on any atom is -0.493 e. The largest absolute Gasteiger partial charge is 0.493 e. The van der Waals surface area contributed by atoms with Crippen molar-refractivity contribution >= 4 is 34.9 Å². The molecule has 4 nitrogen and oxygen atoms in total. The molecule has 1 aliphatic rings. The average molecular weight is 333 g/mol. The first-order valence-corrected chi connectivity index (χ1v) is 8.37. The van der Waals surface area contributed by atoms with Gasteiger partial charge in [-0.1, -0.05) is 41.7 Å². The summed E-state index contributed by atoms with van der Waals surface area (Å²) in [5, 5.41) is 18.8. The second-order valence-corrected chi connectivity index (χ2v) is 6.68. The van der Waals surface area contributed by atoms with Gasteiger partial charge in [0.2, 0.25) is 5.88 Å². The van der Waals surface area contributed by atoms with Crippen LogP contribution in [0.1, 0.15) is 16.0 Å². The highest BCUT2D eigenvalue weighted by Gasteiger charge is 2.16. The van der Waals surface area contributed by atoms with Crippen molar-refractivity contribution in [2.75, 3.05) is 0 Å². The topological polar surface area (TPSA) is 61.4 Å². The first-order chi connectivity index (χ1) is 11.6. The van der Waals surface area contributed by atoms with Crippen molar-refractivity contribution < 1.29 is 5.11 Å². The van der Waals surface area contributed by atoms with Crippen LogP contribution < -0.4 is 4.80 Å². The van der Waals surface area contributed by atoms with E-state index in [1.54, 1.807) is 10.8 Å². The van der Waals surface area contributed by atoms with Crippen LogP contribution in [0.4, 0.5) is 5.69 Å². The molecular formula is C19H15N3OS. The van der Waals surface area contributed by atoms with E-state index in [9.17, 15) is 5.11 Å². The fraction of sp³-hybridized carbons (Fsp3) is 0.0526. The SMILES string of the molecule is Cc1cccc(-n2c(O)c(/C=C3\C=Nc4ccccc43)sc2=N)c1. The Balaban J connectivity index is 1.83. The summed E-state index contributed by atoms with van der Waals surface area (Å²) < 4.78 is 1.56. The zero-order valence-electron chi connectivity index (χ0n) is 13.0. The fourth-order valence-corrected chi connectivity index (χ4v) is 3.66. The Morgan fingerprint density at radius 2 is 2.00 bits per heavy atom. The van der Waals surface area contributed by atoms with Crippen molar-refractivity contribution in [2.24, 2.45) is 4.99 Å². The van der Waals surface area contributed by atoms with Gasteiger partial charge in [0.1, 0.15) is 0 Å². The van der Waals surface area contributed by atoms with Crippen LogP contribution in [0.25, 0.3) is 17.3 Å². The van der Waals surface area contributed by atoms with Gasteiger partial charge in [-0.15, -0.1) is 0 Å². The molecule has 0 spiro atoms. The van der Waals surface area contributed by atoms with Crippen molar-refractivity contribution in [3.8, 4) is 11.6 Å². The quantitative estimate of drug-likeness (QED) is 0.722. The van der Waals surface area contributed by atoms with Gasteiger partial charge < -0.3 is 5.11 Å². The summed E-state index contributed by atoms with van der Waals surface area (Å²) in [7, 11) is 0. The van der Waals surface area contributed by atoms with Crippen molar-refractivity contribution in [1.82, 2.24) is 4.57 Å². The number of hydrogen-bond donors (Lipinski definition) is 2. The number of hydrogen-bond acceptors (Lipinski definition) is 4. The molecule has 0 unspecified atom stereocenters. The monoisotopic (exact) mass is 333 g/mol. The number of para-hydroxylation sites is 1. The Morgan fingerprint density at radius 1 is 1.17 bits per heavy atom. The predicted octanol–water partition coefficient (Wildman–Crippen LogP) is 4.29. The molecule has 0 bridgehead atoms. The van der Waals surface area contributed by atoms with E-state index in [1.807, 2.05) is 61.5 Å². The van der Waals surface area contributed by atoms with Gasteiger partial charge in [0, 0.05) is 17.4 Å². The van der Waals surface area contributed by atoms with E-state index >= 15 is 0 Å². The third kappa shape index (κ3) is 2.39. The summed E-state index contributed by atoms with van der Waals surface area (Å²) in [5.74, 6) is 0.0841. The molecule has 4 rings (SSSR count). The average Bonchev–Trinajstić information content (AvgIpc) is 3.09. The fourth-order valence-electron chi connectivity index (χ4n) is 2.80. The number of aromatic hydroxyl groups is 1. The number of aromatic nitrogens is 1. The molecule has 1 aliphatic heterocycles. The van der Waals surface area contributed by atoms with Crippen LogP contribution in [-0.2, 0) is 0 Å². The van der Waals surface area contributed by atoms with Crippen LogP contribution >= 0.6 is 11.3 Å². The Kier molecular flexibility index (Phi) is 3.43. The Hall–Kier alpha value is -2.92. The third-order valence-corrected chi connectivity index (χ3v) is 4.84. The molecule has 24 heavy (non-hydrogen) atoms. The van der Waals surface area contributed by atoms with E-state index in [-0.39, 0.29) is 10.7 Å². The summed E-state index contributed by atoms with van der Waals surface area (Å²) in [5.41, 5.74) is 4.79. The standard InChI is InChI=1S/C19H15N3OS/c1-12-5-4-6-14(9-12)22-18(23)17(24-19(22)20)10-13-11-21-16-8-3-2-7-15(13)16/h2-11,20,23H,1H3/b13-10+,20-19?. The first-order valence-electron chi connectivity index (χ1n) is 7.55. The molecule has 0 aliphatic carbocycles. The molecule has 0 atom stereocenters. The lowest BCUT2D eigenvalue weighted by Crippen LogP contribution is -2.10. The van der Waals surface area contributed by atoms with Gasteiger partial charge in [-0.05, 0) is 36.8 Å². The lowest BCUT2D eigenvalue weighted by atomic mass is 10.1. The number of rotatable bonds is 2. The van der Waals surface area contributed by atoms with Crippen molar-refractivity contribution in [2.45, 2.75) is 6.92 Å². The third-order valence-electron chi connectivity index (χ3n) is 3.95. The number of benzene rings is 2. The van der Waals surface area contributed by atoms with Gasteiger partial charge in [0.15, 0.2) is 4.80 Å². The van der Waals surface area contributed by atoms with E-state index in [0.29, 0.717) is 4.88 Å². The van der Waals surface area contributed by atoms with Gasteiger partial charge in [0.05, 0.1) is 16.3 Å². The highest BCUT2D eigenvalue weighted by Crippen LogP contribution is 2.34. The van der Waals surface area contributed by atoms with Gasteiger partial charge in [0.25, 0.3) is 0 Å². The lowest BCUT2D eigenvalue weighted by Gasteiger charge is -2.05. The Morgan fingerprint density at radius 3 is 2.83 bits per heavy atom. The Labute approximate surface area is 143 Å². The van der Waals surface area contributed by atoms with Crippen LogP contribution in [-0.4, -0.2) is 15.9 Å². The highest BCUT2D eigenvalue weighted by atomic mass is 32.1. The molecule has 118 valence electrons. The van der Waals surface area contributed by atoms with Crippen molar-refractivity contribution in [1.29, 1.82) is 5.41 Å². The maximum absolute atomic E-state index is 10.6. The maximum Gasteiger partial charge on any atom is 0.215 e. The van der Waals surface area contributed by atoms with E-state index in [4.69, 9.17) is 5.41 Å². The summed E-state index contributed by atoms with van der Waals surface area (Å²) in [4.78, 5) is 5.32. The summed E-state index contributed by atoms with van der Waals surface area (Å²) >= 11 is 1.24. The van der Waals surface area contributed by atoms with Gasteiger partial charge in [-0.25, -0.2) is 0 Å². The maximum atomic E-state index is 10.6. The molecule has 0 fully saturated rings. The number of aryl methyl sites for hydroxylation is 1. The minimum atomic E-state index is 0.0841. The molecule has 0 amide bonds. The van der Waals surface area contributed by atoms with Crippen LogP contribution in [0.2, 0.25) is 0 Å². The predicted molar refractivity (Wildman–Crippen MR) is 98.4 cm³/mol. The van der Waals surface area contributed by atoms with Crippen molar-refractivity contribution in [3.05, 3.63) is 69.3 Å². The van der Waals surface area contributed by atoms with Gasteiger partial charge >= 0.3 is 0 Å². The number of fused-ring (bicyclic) bond motifs is 1. The van der Waals surface area contributed by atoms with E-state index in [2.05, 4.69) is 4.99 Å². The Bertz CT molecular complexity index is 1060. The van der Waals surface area contributed by atoms with Crippen LogP contribution in [0.3, 0.4) is 0 Å². The smallest absolute Gasteiger partial charge is 0.215 e. The molecule has 0 radical (unpaired) electrons. The normalized spacial score (nSPS) is 14.3. The molecular weight excluding hydrogens is 318 g/mol. The molecule has 3 aromatic rings. The number of nitrogens with zero attached hydrogens (tertiary/aromatic N) is 2. The second-order valence-electron chi connectivity index (χ2n) is 5.64. The molecule has 2 aromatic carbocycles. The molecule has 0 saturated heterocycles. The number of aliphatic imine (C=N–C) groups is 1. The zero-order chi connectivity index (χ0) is 16.7. The van der Waals surface area contributed by atoms with E-state index < -0.39 is 0 Å². The highest BCUT2D eigenvalue weighted by molar-refractivity contribution is 7.10. The van der Waals surface area contributed by atoms with Crippen molar-refractivity contribution in [3.63, 3.8) is 0 Å². The summed E-state index contributed by atoms with van der Waals surface area (Å²) in [6, 6.07) is 15.7. The number of allylic oxidation sites excluding steroid dienone is 1. The van der Waals surface area contributed by atoms with Crippen LogP contribution in [0.15, 0.2) is 53.5 Å². The molecule has 2 N–H and O–H groups in total. The van der Waals surface area contributed by atoms with Crippen LogP contribution in [0.5, 0.6) is 5.88 Å². The minimum absolute atomic E-state index is 0.0841. The van der Waals surface area contributed by atoms with Gasteiger partial charge in [-0.2, -0.15) is 0 Å². The van der Waals surface area contributed by atoms with E-state index in [1.165, 1.54) is 11.3 Å². The molecule has 2 heterocycles. The molecule has 5 heteroatoms. The van der Waals surface area contributed by atoms with Crippen LogP contribution in [0, 0.1) is 12.3 Å². The molecule has 0 saturated carbocycles. The zero-order valence-corrected chi connectivity index (χ0v) is 13.8. The number of thiazole rings is 1. The second kappa shape index (κ2) is 5.62. The summed E-state index contributed by atoms with van der Waals surface area (Å²) in [6.45, 7) is 1.99.